The molecule has 1 aromatic carbocycles. The summed E-state index contributed by atoms with van der Waals surface area (Å²) in [5, 5.41) is 11.8. The molecule has 0 unspecified atom stereocenters. The molecule has 2 aromatic rings. The van der Waals surface area contributed by atoms with Gasteiger partial charge in [0.2, 0.25) is 5.95 Å². The number of piperidine rings is 1. The van der Waals surface area contributed by atoms with E-state index in [1.165, 1.54) is 6.42 Å². The molecule has 1 fully saturated rings. The maximum atomic E-state index is 12.6. The van der Waals surface area contributed by atoms with Gasteiger partial charge in [0, 0.05) is 31.7 Å². The van der Waals surface area contributed by atoms with E-state index in [4.69, 9.17) is 5.26 Å². The number of aromatic amines is 1. The van der Waals surface area contributed by atoms with Gasteiger partial charge in [0.25, 0.3) is 5.56 Å². The molecule has 144 valence electrons. The molecule has 0 radical (unpaired) electrons. The van der Waals surface area contributed by atoms with Gasteiger partial charge in [-0.2, -0.15) is 5.26 Å². The van der Waals surface area contributed by atoms with Crippen LogP contribution in [0, 0.1) is 11.3 Å². The highest BCUT2D eigenvalue weighted by atomic mass is 16.2. The molecule has 2 aliphatic rings. The van der Waals surface area contributed by atoms with Crippen molar-refractivity contribution in [2.75, 3.05) is 29.9 Å². The molecule has 28 heavy (non-hydrogen) atoms. The van der Waals surface area contributed by atoms with Crippen molar-refractivity contribution in [3.63, 3.8) is 0 Å². The predicted molar refractivity (Wildman–Crippen MR) is 105 cm³/mol. The van der Waals surface area contributed by atoms with Crippen LogP contribution in [0.5, 0.6) is 0 Å². The second-order valence-corrected chi connectivity index (χ2v) is 7.16. The molecule has 4 rings (SSSR count). The van der Waals surface area contributed by atoms with Crippen LogP contribution in [0.25, 0.3) is 0 Å². The number of H-pyrrole nitrogens is 1. The van der Waals surface area contributed by atoms with E-state index in [9.17, 15) is 9.59 Å². The van der Waals surface area contributed by atoms with Crippen molar-refractivity contribution in [1.82, 2.24) is 14.9 Å². The third kappa shape index (κ3) is 3.69. The van der Waals surface area contributed by atoms with Crippen LogP contribution in [0.1, 0.15) is 36.1 Å². The minimum Gasteiger partial charge on any atom is -0.342 e. The van der Waals surface area contributed by atoms with E-state index >= 15 is 0 Å². The largest absolute Gasteiger partial charge is 0.342 e. The minimum absolute atomic E-state index is 0.172. The molecular weight excluding hydrogens is 356 g/mol. The Bertz CT molecular complexity index is 987. The molecule has 0 bridgehead atoms. The van der Waals surface area contributed by atoms with Crippen molar-refractivity contribution >= 4 is 17.7 Å². The quantitative estimate of drug-likeness (QED) is 0.834. The lowest BCUT2D eigenvalue weighted by molar-refractivity contribution is 0.205. The summed E-state index contributed by atoms with van der Waals surface area (Å²) >= 11 is 0. The highest BCUT2D eigenvalue weighted by Crippen LogP contribution is 2.20. The third-order valence-corrected chi connectivity index (χ3v) is 5.24. The average Bonchev–Trinajstić information content (AvgIpc) is 2.74. The average molecular weight is 378 g/mol. The Morgan fingerprint density at radius 1 is 1.21 bits per heavy atom. The molecule has 2 aliphatic heterocycles. The number of nitrogens with zero attached hydrogens (tertiary/aromatic N) is 4. The normalized spacial score (nSPS) is 16.2. The maximum absolute atomic E-state index is 12.6. The van der Waals surface area contributed by atoms with Gasteiger partial charge in [-0.05, 0) is 37.5 Å². The number of urea groups is 1. The zero-order valence-electron chi connectivity index (χ0n) is 15.6. The van der Waals surface area contributed by atoms with Crippen molar-refractivity contribution in [2.24, 2.45) is 0 Å². The second kappa shape index (κ2) is 7.72. The third-order valence-electron chi connectivity index (χ3n) is 5.24. The van der Waals surface area contributed by atoms with Gasteiger partial charge in [0.05, 0.1) is 29.4 Å². The molecule has 0 saturated carbocycles. The summed E-state index contributed by atoms with van der Waals surface area (Å²) in [4.78, 5) is 36.5. The molecule has 2 N–H and O–H groups in total. The monoisotopic (exact) mass is 378 g/mol. The first-order valence-corrected chi connectivity index (χ1v) is 9.57. The Morgan fingerprint density at radius 3 is 2.82 bits per heavy atom. The number of nitrogens with one attached hydrogen (secondary N) is 2. The minimum atomic E-state index is -0.291. The zero-order valence-corrected chi connectivity index (χ0v) is 15.6. The van der Waals surface area contributed by atoms with Crippen LogP contribution in [-0.4, -0.2) is 40.5 Å². The predicted octanol–water partition coefficient (Wildman–Crippen LogP) is 2.22. The fourth-order valence-corrected chi connectivity index (χ4v) is 3.71. The van der Waals surface area contributed by atoms with E-state index in [2.05, 4.69) is 26.3 Å². The lowest BCUT2D eigenvalue weighted by atomic mass is 10.1. The molecule has 1 aromatic heterocycles. The number of hydrogen-bond acceptors (Lipinski definition) is 5. The fraction of sp³-hybridized carbons (Fsp3) is 0.400. The Hall–Kier alpha value is -3.34. The van der Waals surface area contributed by atoms with Crippen LogP contribution in [-0.2, 0) is 13.0 Å². The first-order valence-electron chi connectivity index (χ1n) is 9.57. The highest BCUT2D eigenvalue weighted by Gasteiger charge is 2.26. The lowest BCUT2D eigenvalue weighted by Crippen LogP contribution is -2.42. The molecule has 8 nitrogen and oxygen atoms in total. The number of hydrogen-bond donors (Lipinski definition) is 2. The maximum Gasteiger partial charge on any atom is 0.322 e. The summed E-state index contributed by atoms with van der Waals surface area (Å²) in [5.74, 6) is 0.648. The van der Waals surface area contributed by atoms with Crippen LogP contribution in [0.3, 0.4) is 0 Å². The number of amides is 2. The summed E-state index contributed by atoms with van der Waals surface area (Å²) in [7, 11) is 0. The van der Waals surface area contributed by atoms with Crippen molar-refractivity contribution in [2.45, 2.75) is 32.2 Å². The lowest BCUT2D eigenvalue weighted by Gasteiger charge is -2.30. The van der Waals surface area contributed by atoms with E-state index in [1.54, 1.807) is 29.2 Å². The Labute approximate surface area is 162 Å². The molecular formula is C20H22N6O2. The molecule has 1 saturated heterocycles. The fourth-order valence-electron chi connectivity index (χ4n) is 3.71. The van der Waals surface area contributed by atoms with E-state index in [1.807, 2.05) is 0 Å². The first-order chi connectivity index (χ1) is 13.6. The number of carbonyl (C=O) groups excluding carboxylic acids is 1. The van der Waals surface area contributed by atoms with Gasteiger partial charge in [0.15, 0.2) is 0 Å². The smallest absolute Gasteiger partial charge is 0.322 e. The zero-order chi connectivity index (χ0) is 19.5. The number of aromatic nitrogens is 2. The molecule has 8 heteroatoms. The van der Waals surface area contributed by atoms with Crippen LogP contribution in [0.2, 0.25) is 0 Å². The van der Waals surface area contributed by atoms with Crippen LogP contribution >= 0.6 is 0 Å². The number of rotatable bonds is 2. The van der Waals surface area contributed by atoms with Gasteiger partial charge in [-0.15, -0.1) is 0 Å². The van der Waals surface area contributed by atoms with E-state index in [-0.39, 0.29) is 18.1 Å². The van der Waals surface area contributed by atoms with Crippen LogP contribution in [0.4, 0.5) is 16.4 Å². The van der Waals surface area contributed by atoms with Gasteiger partial charge >= 0.3 is 6.03 Å². The SMILES string of the molecule is N#Cc1cccc(NC(=O)N2CCc3nc(N4CCCCC4)[nH]c(=O)c3C2)c1. The summed E-state index contributed by atoms with van der Waals surface area (Å²) < 4.78 is 0. The van der Waals surface area contributed by atoms with E-state index in [0.717, 1.165) is 31.6 Å². The van der Waals surface area contributed by atoms with Crippen molar-refractivity contribution in [1.29, 1.82) is 5.26 Å². The van der Waals surface area contributed by atoms with Gasteiger partial charge in [-0.3, -0.25) is 9.78 Å². The van der Waals surface area contributed by atoms with Gasteiger partial charge in [-0.25, -0.2) is 9.78 Å². The molecule has 0 atom stereocenters. The van der Waals surface area contributed by atoms with Crippen molar-refractivity contribution in [3.05, 3.63) is 51.4 Å². The molecule has 2 amide bonds. The summed E-state index contributed by atoms with van der Waals surface area (Å²) in [6.07, 6.45) is 3.99. The summed E-state index contributed by atoms with van der Waals surface area (Å²) in [6, 6.07) is 8.51. The van der Waals surface area contributed by atoms with Gasteiger partial charge in [-0.1, -0.05) is 6.07 Å². The van der Waals surface area contributed by atoms with Crippen LogP contribution in [0.15, 0.2) is 29.1 Å². The number of fused-ring (bicyclic) bond motifs is 1. The highest BCUT2D eigenvalue weighted by molar-refractivity contribution is 5.89. The number of benzene rings is 1. The van der Waals surface area contributed by atoms with E-state index in [0.29, 0.717) is 35.7 Å². The summed E-state index contributed by atoms with van der Waals surface area (Å²) in [6.45, 7) is 2.55. The Morgan fingerprint density at radius 2 is 2.04 bits per heavy atom. The van der Waals surface area contributed by atoms with Gasteiger partial charge < -0.3 is 15.1 Å². The summed E-state index contributed by atoms with van der Waals surface area (Å²) in [5.41, 5.74) is 2.19. The number of anilines is 2. The van der Waals surface area contributed by atoms with Crippen LogP contribution < -0.4 is 15.8 Å². The first kappa shape index (κ1) is 18.0. The van der Waals surface area contributed by atoms with Crippen molar-refractivity contribution < 1.29 is 4.79 Å². The Kier molecular flexibility index (Phi) is 4.98. The molecule has 0 spiro atoms. The second-order valence-electron chi connectivity index (χ2n) is 7.16. The molecule has 3 heterocycles. The van der Waals surface area contributed by atoms with Gasteiger partial charge in [0.1, 0.15) is 0 Å². The Balaban J connectivity index is 1.49. The van der Waals surface area contributed by atoms with E-state index < -0.39 is 0 Å². The topological polar surface area (TPSA) is 105 Å². The molecule has 0 aliphatic carbocycles. The standard InChI is InChI=1S/C20H22N6O2/c21-12-14-5-4-6-15(11-14)22-20(28)26-10-7-17-16(13-26)18(27)24-19(23-17)25-8-2-1-3-9-25/h4-6,11H,1-3,7-10,13H2,(H,22,28)(H,23,24,27). The number of carbonyl (C=O) groups is 1. The van der Waals surface area contributed by atoms with Crippen molar-refractivity contribution in [3.8, 4) is 6.07 Å². The number of nitriles is 1.